The van der Waals surface area contributed by atoms with Crippen LogP contribution in [0.4, 0.5) is 4.79 Å². The molecule has 2 aliphatic heterocycles. The first-order chi connectivity index (χ1) is 9.17. The fraction of sp³-hybridized carbons (Fsp3) is 0.583. The third-order valence-electron chi connectivity index (χ3n) is 3.49. The Labute approximate surface area is 112 Å². The third kappa shape index (κ3) is 2.69. The molecule has 2 heterocycles. The minimum atomic E-state index is -0.0424. The number of likely N-dealkylation sites (tertiary alicyclic amines) is 1. The highest BCUT2D eigenvalue weighted by atomic mass is 16.2. The maximum absolute atomic E-state index is 11.7. The van der Waals surface area contributed by atoms with Crippen LogP contribution in [0, 0.1) is 5.92 Å². The zero-order valence-electron chi connectivity index (χ0n) is 11.3. The minimum Gasteiger partial charge on any atom is -0.341 e. The Hall–Kier alpha value is -2.05. The monoisotopic (exact) mass is 264 g/mol. The third-order valence-corrected chi connectivity index (χ3v) is 3.49. The van der Waals surface area contributed by atoms with Crippen molar-refractivity contribution in [3.63, 3.8) is 0 Å². The first-order valence-electron chi connectivity index (χ1n) is 6.36. The lowest BCUT2D eigenvalue weighted by atomic mass is 9.87. The molecule has 7 heteroatoms. The van der Waals surface area contributed by atoms with Crippen molar-refractivity contribution in [2.45, 2.75) is 12.5 Å². The van der Waals surface area contributed by atoms with Crippen LogP contribution in [-0.2, 0) is 0 Å². The number of rotatable bonds is 3. The highest BCUT2D eigenvalue weighted by Gasteiger charge is 2.38. The molecule has 0 aromatic heterocycles. The van der Waals surface area contributed by atoms with Crippen molar-refractivity contribution in [3.8, 4) is 0 Å². The molecular weight excluding hydrogens is 244 g/mol. The van der Waals surface area contributed by atoms with Gasteiger partial charge in [-0.15, -0.1) is 0 Å². The van der Waals surface area contributed by atoms with E-state index in [9.17, 15) is 4.79 Å². The molecule has 2 aliphatic rings. The molecule has 7 nitrogen and oxygen atoms in total. The number of hydrazone groups is 2. The number of nitrogens with zero attached hydrogens (tertiary/aromatic N) is 3. The maximum atomic E-state index is 11.7. The van der Waals surface area contributed by atoms with E-state index in [1.165, 1.54) is 0 Å². The van der Waals surface area contributed by atoms with Crippen LogP contribution in [0.3, 0.4) is 0 Å². The number of carbonyl (C=O) groups excluding carboxylic acids is 1. The van der Waals surface area contributed by atoms with Crippen LogP contribution in [0.15, 0.2) is 22.4 Å². The number of nitrogens with one attached hydrogen (secondary N) is 3. The summed E-state index contributed by atoms with van der Waals surface area (Å²) in [6, 6.07) is 0.245. The van der Waals surface area contributed by atoms with Gasteiger partial charge in [0.1, 0.15) is 0 Å². The van der Waals surface area contributed by atoms with Crippen LogP contribution < -0.4 is 16.2 Å². The normalized spacial score (nSPS) is 25.6. The van der Waals surface area contributed by atoms with Crippen LogP contribution in [0.1, 0.15) is 6.42 Å². The van der Waals surface area contributed by atoms with E-state index in [0.29, 0.717) is 6.54 Å². The fourth-order valence-corrected chi connectivity index (χ4v) is 2.48. The molecule has 1 saturated heterocycles. The van der Waals surface area contributed by atoms with Gasteiger partial charge in [-0.1, -0.05) is 6.58 Å². The second kappa shape index (κ2) is 5.73. The molecule has 2 rings (SSSR count). The molecule has 1 fully saturated rings. The Morgan fingerprint density at radius 3 is 3.11 bits per heavy atom. The molecule has 0 aromatic rings. The van der Waals surface area contributed by atoms with Gasteiger partial charge in [0.2, 0.25) is 0 Å². The van der Waals surface area contributed by atoms with Crippen LogP contribution in [0.25, 0.3) is 0 Å². The molecule has 2 atom stereocenters. The molecule has 0 bridgehead atoms. The van der Waals surface area contributed by atoms with Gasteiger partial charge in [-0.25, -0.2) is 4.79 Å². The summed E-state index contributed by atoms with van der Waals surface area (Å²) in [5.41, 5.74) is 7.48. The Morgan fingerprint density at radius 2 is 2.42 bits per heavy atom. The van der Waals surface area contributed by atoms with Crippen molar-refractivity contribution < 1.29 is 4.79 Å². The summed E-state index contributed by atoms with van der Waals surface area (Å²) < 4.78 is 0. The summed E-state index contributed by atoms with van der Waals surface area (Å²) >= 11 is 0. The van der Waals surface area contributed by atoms with Gasteiger partial charge in [0.05, 0.1) is 18.0 Å². The molecule has 0 aliphatic carbocycles. The van der Waals surface area contributed by atoms with Gasteiger partial charge in [0, 0.05) is 38.7 Å². The topological polar surface area (TPSA) is 81.1 Å². The maximum Gasteiger partial charge on any atom is 0.317 e. The van der Waals surface area contributed by atoms with Crippen LogP contribution in [0.5, 0.6) is 0 Å². The van der Waals surface area contributed by atoms with E-state index >= 15 is 0 Å². The number of hydrogen-bond acceptors (Lipinski definition) is 5. The van der Waals surface area contributed by atoms with E-state index in [1.807, 2.05) is 4.90 Å². The van der Waals surface area contributed by atoms with E-state index < -0.39 is 0 Å². The lowest BCUT2D eigenvalue weighted by molar-refractivity contribution is 0.170. The quantitative estimate of drug-likeness (QED) is 0.485. The molecule has 2 amide bonds. The molecule has 0 spiro atoms. The van der Waals surface area contributed by atoms with Gasteiger partial charge in [-0.2, -0.15) is 10.2 Å². The summed E-state index contributed by atoms with van der Waals surface area (Å²) in [5, 5.41) is 11.0. The summed E-state index contributed by atoms with van der Waals surface area (Å²) in [5.74, 6) is 0.182. The Kier molecular flexibility index (Phi) is 4.03. The Morgan fingerprint density at radius 1 is 1.63 bits per heavy atom. The van der Waals surface area contributed by atoms with Crippen molar-refractivity contribution in [1.82, 2.24) is 21.1 Å². The number of hydrogen-bond donors (Lipinski definition) is 3. The number of fused-ring (bicyclic) bond motifs is 1. The van der Waals surface area contributed by atoms with Gasteiger partial charge in [0.25, 0.3) is 0 Å². The smallest absolute Gasteiger partial charge is 0.317 e. The average Bonchev–Trinajstić information content (AvgIpc) is 2.86. The molecule has 0 radical (unpaired) electrons. The van der Waals surface area contributed by atoms with Crippen molar-refractivity contribution in [3.05, 3.63) is 12.2 Å². The second-order valence-corrected chi connectivity index (χ2v) is 4.64. The van der Waals surface area contributed by atoms with Crippen molar-refractivity contribution in [2.24, 2.45) is 16.1 Å². The van der Waals surface area contributed by atoms with Gasteiger partial charge < -0.3 is 21.1 Å². The predicted molar refractivity (Wildman–Crippen MR) is 75.2 cm³/mol. The van der Waals surface area contributed by atoms with E-state index in [1.54, 1.807) is 20.3 Å². The van der Waals surface area contributed by atoms with Crippen LogP contribution >= 0.6 is 0 Å². The molecule has 19 heavy (non-hydrogen) atoms. The summed E-state index contributed by atoms with van der Waals surface area (Å²) in [6.07, 6.45) is 2.54. The van der Waals surface area contributed by atoms with Crippen molar-refractivity contribution in [2.75, 3.05) is 27.2 Å². The number of amides is 2. The zero-order valence-corrected chi connectivity index (χ0v) is 11.3. The fourth-order valence-electron chi connectivity index (χ4n) is 2.48. The second-order valence-electron chi connectivity index (χ2n) is 4.64. The average molecular weight is 264 g/mol. The van der Waals surface area contributed by atoms with Gasteiger partial charge >= 0.3 is 6.03 Å². The highest BCUT2D eigenvalue weighted by Crippen LogP contribution is 2.25. The molecular formula is C12H20N6O. The number of carbonyl (C=O) groups is 1. The van der Waals surface area contributed by atoms with Crippen LogP contribution in [0.2, 0.25) is 0 Å². The Bertz CT molecular complexity index is 430. The number of allylic oxidation sites excluding steroid dienone is 1. The van der Waals surface area contributed by atoms with E-state index in [0.717, 1.165) is 24.3 Å². The van der Waals surface area contributed by atoms with Gasteiger partial charge in [-0.3, -0.25) is 0 Å². The summed E-state index contributed by atoms with van der Waals surface area (Å²) in [4.78, 5) is 13.5. The summed E-state index contributed by atoms with van der Waals surface area (Å²) in [6.45, 7) is 5.38. The number of urea groups is 1. The van der Waals surface area contributed by atoms with Crippen molar-refractivity contribution in [1.29, 1.82) is 0 Å². The molecule has 0 aromatic carbocycles. The van der Waals surface area contributed by atoms with Crippen molar-refractivity contribution >= 4 is 18.0 Å². The molecule has 2 unspecified atom stereocenters. The molecule has 104 valence electrons. The first kappa shape index (κ1) is 13.4. The lowest BCUT2D eigenvalue weighted by Gasteiger charge is -2.34. The van der Waals surface area contributed by atoms with Gasteiger partial charge in [-0.05, 0) is 6.42 Å². The zero-order chi connectivity index (χ0) is 13.8. The first-order valence-corrected chi connectivity index (χ1v) is 6.36. The lowest BCUT2D eigenvalue weighted by Crippen LogP contribution is -2.51. The van der Waals surface area contributed by atoms with E-state index in [2.05, 4.69) is 33.0 Å². The van der Waals surface area contributed by atoms with Crippen LogP contribution in [-0.4, -0.2) is 56.1 Å². The molecule has 0 saturated carbocycles. The summed E-state index contributed by atoms with van der Waals surface area (Å²) in [7, 11) is 3.38. The largest absolute Gasteiger partial charge is 0.341 e. The molecule has 3 N–H and O–H groups in total. The minimum absolute atomic E-state index is 0.0424. The SMILES string of the molecule is C=C(/C=N\NC)C1=NNC2CCN(C(=O)NC)CC12. The van der Waals surface area contributed by atoms with E-state index in [-0.39, 0.29) is 18.0 Å². The predicted octanol–water partition coefficient (Wildman–Crippen LogP) is -0.263. The van der Waals surface area contributed by atoms with E-state index in [4.69, 9.17) is 0 Å². The number of piperidine rings is 1. The Balaban J connectivity index is 2.06. The standard InChI is InChI=1S/C12H20N6O/c1-8(6-15-14-3)11-9-7-18(12(19)13-2)5-4-10(9)16-17-11/h6,9-10,14,16H,1,4-5,7H2,2-3H3,(H,13,19)/b15-6-. The van der Waals surface area contributed by atoms with Gasteiger partial charge in [0.15, 0.2) is 0 Å². The highest BCUT2D eigenvalue weighted by molar-refractivity contribution is 6.17.